The normalized spacial score (nSPS) is 29.5. The molecule has 0 radical (unpaired) electrons. The van der Waals surface area contributed by atoms with Crippen molar-refractivity contribution < 1.29 is 0 Å². The van der Waals surface area contributed by atoms with Crippen LogP contribution in [0, 0.1) is 89.7 Å². The first kappa shape index (κ1) is 132. The van der Waals surface area contributed by atoms with E-state index in [2.05, 4.69) is 530 Å². The summed E-state index contributed by atoms with van der Waals surface area (Å²) >= 11 is 0. The highest BCUT2D eigenvalue weighted by atomic mass is 15.3. The maximum Gasteiger partial charge on any atom is 0.0408 e. The van der Waals surface area contributed by atoms with Crippen LogP contribution in [0.3, 0.4) is 0 Å². The van der Waals surface area contributed by atoms with Crippen LogP contribution in [0.15, 0.2) is 73.0 Å². The second kappa shape index (κ2) is 48.4. The number of nitrogens with zero attached hydrogens (tertiary/aromatic N) is 10. The molecule has 0 N–H and O–H groups in total. The molecule has 148 heavy (non-hydrogen) atoms. The Balaban J connectivity index is 0.000000223. The van der Waals surface area contributed by atoms with E-state index < -0.39 is 0 Å². The lowest BCUT2D eigenvalue weighted by atomic mass is 9.71. The minimum absolute atomic E-state index is 0.185. The van der Waals surface area contributed by atoms with Crippen molar-refractivity contribution in [1.82, 2.24) is 44.1 Å². The quantitative estimate of drug-likeness (QED) is 0.258. The molecule has 10 aliphatic heterocycles. The maximum atomic E-state index is 2.87. The van der Waals surface area contributed by atoms with Gasteiger partial charge in [0.05, 0.1) is 0 Å². The molecule has 10 fully saturated rings. The van der Waals surface area contributed by atoms with Gasteiger partial charge < -0.3 is 9.80 Å². The molecule has 16 rings (SSSR count). The van der Waals surface area contributed by atoms with Crippen LogP contribution in [0.5, 0.6) is 0 Å². The number of fused-ring (bicyclic) bond motifs is 6. The number of hydrogen-bond donors (Lipinski definition) is 0. The average molecular weight is 2060 g/mol. The summed E-state index contributed by atoms with van der Waals surface area (Å²) in [6.45, 7) is 146. The maximum absolute atomic E-state index is 2.87. The molecule has 0 aromatic heterocycles. The number of likely N-dealkylation sites (tertiary alicyclic amines) is 6. The number of rotatable bonds is 1. The Hall–Kier alpha value is -2.80. The summed E-state index contributed by atoms with van der Waals surface area (Å²) in [4.78, 5) is 26.9. The first-order valence-corrected chi connectivity index (χ1v) is 61.6. The zero-order chi connectivity index (χ0) is 114. The third-order valence-corrected chi connectivity index (χ3v) is 36.7. The van der Waals surface area contributed by atoms with Crippen LogP contribution in [-0.4, -0.2) is 199 Å². The van der Waals surface area contributed by atoms with Crippen LogP contribution >= 0.6 is 0 Å². The number of anilines is 1. The molecule has 18 unspecified atom stereocenters. The summed E-state index contributed by atoms with van der Waals surface area (Å²) in [5.74, 6) is 5.98. The van der Waals surface area contributed by atoms with Crippen molar-refractivity contribution in [2.75, 3.05) is 37.6 Å². The van der Waals surface area contributed by atoms with Gasteiger partial charge in [-0.25, -0.2) is 0 Å². The zero-order valence-corrected chi connectivity index (χ0v) is 111. The number of piperidine rings is 3. The minimum atomic E-state index is 0.185. The van der Waals surface area contributed by atoms with Crippen LogP contribution < -0.4 is 4.90 Å². The van der Waals surface area contributed by atoms with Crippen molar-refractivity contribution in [1.29, 1.82) is 0 Å². The molecule has 860 valence electrons. The molecular weight excluding hydrogens is 1800 g/mol. The molecular formula is C138H258N10. The summed E-state index contributed by atoms with van der Waals surface area (Å²) < 4.78 is 0. The number of para-hydroxylation sites is 1. The van der Waals surface area contributed by atoms with Crippen molar-refractivity contribution in [3.63, 3.8) is 0 Å². The monoisotopic (exact) mass is 2060 g/mol. The van der Waals surface area contributed by atoms with Gasteiger partial charge in [0.25, 0.3) is 0 Å². The van der Waals surface area contributed by atoms with Gasteiger partial charge in [0.2, 0.25) is 0 Å². The van der Waals surface area contributed by atoms with E-state index in [0.29, 0.717) is 101 Å². The van der Waals surface area contributed by atoms with Crippen LogP contribution in [0.2, 0.25) is 0 Å². The standard InChI is InChI=1S/C16H31N.C16H25N.C16H31N.C16H25N.2C13H25N.C13H27N.2C12H23N.C11H23N/c2*1-15(2,3)14-13-10-8-7-9-12(13)11-17(14)16(4,5)6;2*1-15(2,3)14-11-12-9-7-8-10-13(12)17(14)16(4,5)6;1-12(2,3)11-10-7-9(10)8-14(11)13(4,5)6;1-12(2,3)11-8-9-7-10(9)14(11)13(4,5)6;1-12(2,3)11-9-7-8-10-14(11)13(4,5)6;2*1-11(2,3)10-8-7-9-13(10)12(4,5)6;1-9(2)12-8-6-7-10(12)11(3,4)5/h12-14H,7-11H2,1-6H3;7-10,14H,11H2,1-6H3;12-14H,7-11H2,1-6H3;7-10,14H,11H2,1-6H3;2*9-11H,7-8H2,1-6H3;11H,7-10H2,1-6H3;7,9-10H,8H2,1-6H3;7-8,10H,9H2,1-6H3;9-10H,6-8H2,1-5H3. The van der Waals surface area contributed by atoms with Crippen molar-refractivity contribution in [2.24, 2.45) is 89.7 Å². The molecule has 4 saturated carbocycles. The minimum Gasteiger partial charge on any atom is -0.369 e. The first-order chi connectivity index (χ1) is 66.4. The lowest BCUT2D eigenvalue weighted by Gasteiger charge is -2.50. The smallest absolute Gasteiger partial charge is 0.0408 e. The predicted molar refractivity (Wildman–Crippen MR) is 658 cm³/mol. The topological polar surface area (TPSA) is 32.4 Å². The van der Waals surface area contributed by atoms with Crippen LogP contribution in [0.25, 0.3) is 0 Å². The highest BCUT2D eigenvalue weighted by Gasteiger charge is 2.61. The van der Waals surface area contributed by atoms with Gasteiger partial charge in [0, 0.05) is 160 Å². The zero-order valence-electron chi connectivity index (χ0n) is 111. The molecule has 6 saturated heterocycles. The molecule has 4 aliphatic carbocycles. The highest BCUT2D eigenvalue weighted by molar-refractivity contribution is 5.61. The van der Waals surface area contributed by atoms with Gasteiger partial charge in [-0.2, -0.15) is 0 Å². The van der Waals surface area contributed by atoms with Crippen molar-refractivity contribution in [3.8, 4) is 0 Å². The number of hydrogen-bond acceptors (Lipinski definition) is 10. The van der Waals surface area contributed by atoms with Crippen molar-refractivity contribution in [3.05, 3.63) is 89.6 Å². The molecule has 2 aromatic rings. The van der Waals surface area contributed by atoms with E-state index in [0.717, 1.165) is 103 Å². The second-order valence-corrected chi connectivity index (χ2v) is 70.0. The highest BCUT2D eigenvalue weighted by Crippen LogP contribution is 2.59. The fourth-order valence-electron chi connectivity index (χ4n) is 29.7. The lowest BCUT2D eigenvalue weighted by Crippen LogP contribution is -2.55. The molecule has 10 nitrogen and oxygen atoms in total. The largest absolute Gasteiger partial charge is 0.369 e. The molecule has 10 heteroatoms. The summed E-state index contributed by atoms with van der Waals surface area (Å²) in [6.07, 6.45) is 36.1. The third-order valence-electron chi connectivity index (χ3n) is 36.7. The summed E-state index contributed by atoms with van der Waals surface area (Å²) in [5.41, 5.74) is 12.5. The second-order valence-electron chi connectivity index (χ2n) is 70.0. The Bertz CT molecular complexity index is 4090. The van der Waals surface area contributed by atoms with Gasteiger partial charge in [0.15, 0.2) is 0 Å². The van der Waals surface area contributed by atoms with Gasteiger partial charge in [-0.15, -0.1) is 0 Å². The van der Waals surface area contributed by atoms with E-state index in [9.17, 15) is 0 Å². The summed E-state index contributed by atoms with van der Waals surface area (Å²) in [6, 6.07) is 27.4. The predicted octanol–water partition coefficient (Wildman–Crippen LogP) is 37.0. The van der Waals surface area contributed by atoms with Gasteiger partial charge in [-0.3, -0.25) is 39.2 Å². The Labute approximate surface area is 926 Å². The van der Waals surface area contributed by atoms with Crippen LogP contribution in [0.4, 0.5) is 5.69 Å². The van der Waals surface area contributed by atoms with E-state index >= 15 is 0 Å². The van der Waals surface area contributed by atoms with Crippen molar-refractivity contribution in [2.45, 2.75) is 665 Å². The van der Waals surface area contributed by atoms with E-state index in [-0.39, 0.29) is 27.6 Å². The summed E-state index contributed by atoms with van der Waals surface area (Å²) in [7, 11) is 0. The Morgan fingerprint density at radius 2 is 0.703 bits per heavy atom. The Morgan fingerprint density at radius 3 is 1.11 bits per heavy atom. The average Bonchev–Trinajstić information content (AvgIpc) is 1.56. The van der Waals surface area contributed by atoms with E-state index in [1.54, 1.807) is 0 Å². The number of benzene rings is 2. The Morgan fingerprint density at radius 1 is 0.284 bits per heavy atom. The van der Waals surface area contributed by atoms with Crippen molar-refractivity contribution >= 4 is 5.69 Å². The van der Waals surface area contributed by atoms with E-state index in [4.69, 9.17) is 0 Å². The molecule has 0 spiro atoms. The van der Waals surface area contributed by atoms with E-state index in [1.807, 2.05) is 0 Å². The molecule has 0 amide bonds. The SMILES string of the molecule is CC(C)(C)C1C2CC2CN1C(C)(C)C.CC(C)(C)C1C2CCCCC2CN1C(C)(C)C.CC(C)(C)C1C=CCN1C(C)(C)C.CC(C)(C)C1CC2CC2N1C(C)(C)C.CC(C)(C)C1CC2CCCCC2N1C(C)(C)C.CC(C)(C)C1CC=CN1C(C)(C)C.CC(C)(C)C1CCCCN1C(C)(C)C.CC(C)(C)C1Cc2ccccc2N1C(C)(C)C.CC(C)(C)C1c2ccccc2CN1C(C)(C)C.CC(C)N1CCCC1C(C)(C)C. The van der Waals surface area contributed by atoms with Gasteiger partial charge in [0.1, 0.15) is 0 Å². The van der Waals surface area contributed by atoms with Gasteiger partial charge in [-0.05, 0) is 422 Å². The van der Waals surface area contributed by atoms with Crippen LogP contribution in [0.1, 0.15) is 547 Å². The first-order valence-electron chi connectivity index (χ1n) is 61.6. The fourth-order valence-corrected chi connectivity index (χ4v) is 29.7. The molecule has 18 atom stereocenters. The lowest BCUT2D eigenvalue weighted by molar-refractivity contribution is -0.00414. The van der Waals surface area contributed by atoms with Gasteiger partial charge in [-0.1, -0.05) is 301 Å². The van der Waals surface area contributed by atoms with E-state index in [1.165, 1.54) is 171 Å². The molecule has 14 aliphatic rings. The van der Waals surface area contributed by atoms with Gasteiger partial charge >= 0.3 is 0 Å². The third kappa shape index (κ3) is 35.9. The molecule has 2 aromatic carbocycles. The molecule has 0 bridgehead atoms. The Kier molecular flexibility index (Phi) is 43.2. The fraction of sp³-hybridized carbons (Fsp3) is 0.884. The molecule has 10 heterocycles. The summed E-state index contributed by atoms with van der Waals surface area (Å²) in [5, 5.41) is 0. The van der Waals surface area contributed by atoms with Crippen LogP contribution in [-0.2, 0) is 13.0 Å².